The summed E-state index contributed by atoms with van der Waals surface area (Å²) < 4.78 is 5.03. The molecule has 0 amide bonds. The van der Waals surface area contributed by atoms with Crippen LogP contribution in [0.3, 0.4) is 0 Å². The Morgan fingerprint density at radius 1 is 1.22 bits per heavy atom. The Kier molecular flexibility index (Phi) is 3.15. The van der Waals surface area contributed by atoms with Crippen molar-refractivity contribution < 1.29 is 4.52 Å². The molecule has 1 aromatic carbocycles. The highest BCUT2D eigenvalue weighted by Gasteiger charge is 2.22. The van der Waals surface area contributed by atoms with Gasteiger partial charge >= 0.3 is 0 Å². The fourth-order valence-electron chi connectivity index (χ4n) is 2.16. The number of aryl methyl sites for hydroxylation is 1. The smallest absolute Gasteiger partial charge is 0.133 e. The Balaban J connectivity index is 1.50. The Morgan fingerprint density at radius 2 is 2.00 bits per heavy atom. The van der Waals surface area contributed by atoms with Crippen LogP contribution < -0.4 is 5.32 Å². The molecule has 1 fully saturated rings. The van der Waals surface area contributed by atoms with Crippen molar-refractivity contribution in [3.63, 3.8) is 0 Å². The van der Waals surface area contributed by atoms with Crippen molar-refractivity contribution in [1.82, 2.24) is 10.5 Å². The van der Waals surface area contributed by atoms with Crippen LogP contribution in [0.1, 0.15) is 41.3 Å². The molecule has 1 aliphatic rings. The van der Waals surface area contributed by atoms with Crippen LogP contribution in [0.25, 0.3) is 0 Å². The van der Waals surface area contributed by atoms with Crippen molar-refractivity contribution in [2.75, 3.05) is 0 Å². The summed E-state index contributed by atoms with van der Waals surface area (Å²) in [6, 6.07) is 10.9. The topological polar surface area (TPSA) is 38.1 Å². The molecule has 0 saturated heterocycles. The standard InChI is InChI=1S/C15H18N2O/c1-11-8-15(17-18-11)10-16-9-12-2-4-13(5-3-12)14-6-7-14/h2-5,8,14,16H,6-7,9-10H2,1H3. The van der Waals surface area contributed by atoms with Crippen LogP contribution >= 0.6 is 0 Å². The first-order valence-electron chi connectivity index (χ1n) is 6.53. The van der Waals surface area contributed by atoms with Crippen molar-refractivity contribution in [3.8, 4) is 0 Å². The van der Waals surface area contributed by atoms with Crippen LogP contribution in [-0.4, -0.2) is 5.16 Å². The molecule has 94 valence electrons. The average Bonchev–Trinajstić information content (AvgIpc) is 3.15. The normalized spacial score (nSPS) is 14.9. The fraction of sp³-hybridized carbons (Fsp3) is 0.400. The molecule has 1 aromatic heterocycles. The van der Waals surface area contributed by atoms with Gasteiger partial charge in [0.25, 0.3) is 0 Å². The third-order valence-corrected chi connectivity index (χ3v) is 3.34. The third-order valence-electron chi connectivity index (χ3n) is 3.34. The van der Waals surface area contributed by atoms with Gasteiger partial charge in [0.15, 0.2) is 0 Å². The van der Waals surface area contributed by atoms with E-state index in [9.17, 15) is 0 Å². The molecule has 0 radical (unpaired) electrons. The molecule has 18 heavy (non-hydrogen) atoms. The maximum Gasteiger partial charge on any atom is 0.133 e. The minimum absolute atomic E-state index is 0.752. The highest BCUT2D eigenvalue weighted by Crippen LogP contribution is 2.39. The molecular formula is C15H18N2O. The minimum atomic E-state index is 0.752. The number of hydrogen-bond donors (Lipinski definition) is 1. The van der Waals surface area contributed by atoms with Gasteiger partial charge in [-0.25, -0.2) is 0 Å². The van der Waals surface area contributed by atoms with E-state index in [4.69, 9.17) is 4.52 Å². The van der Waals surface area contributed by atoms with Crippen LogP contribution in [0, 0.1) is 6.92 Å². The van der Waals surface area contributed by atoms with Crippen molar-refractivity contribution in [1.29, 1.82) is 0 Å². The van der Waals surface area contributed by atoms with Crippen molar-refractivity contribution in [2.45, 2.75) is 38.8 Å². The molecule has 3 rings (SSSR count). The predicted octanol–water partition coefficient (Wildman–Crippen LogP) is 3.15. The number of benzene rings is 1. The van der Waals surface area contributed by atoms with Crippen LogP contribution in [0.5, 0.6) is 0 Å². The summed E-state index contributed by atoms with van der Waals surface area (Å²) in [5.41, 5.74) is 3.77. The summed E-state index contributed by atoms with van der Waals surface area (Å²) >= 11 is 0. The molecule has 0 spiro atoms. The van der Waals surface area contributed by atoms with Crippen molar-refractivity contribution >= 4 is 0 Å². The summed E-state index contributed by atoms with van der Waals surface area (Å²) in [6.45, 7) is 3.53. The highest BCUT2D eigenvalue weighted by molar-refractivity contribution is 5.28. The Morgan fingerprint density at radius 3 is 2.61 bits per heavy atom. The molecule has 0 aliphatic heterocycles. The van der Waals surface area contributed by atoms with E-state index in [0.717, 1.165) is 30.5 Å². The summed E-state index contributed by atoms with van der Waals surface area (Å²) in [5, 5.41) is 7.33. The largest absolute Gasteiger partial charge is 0.361 e. The first-order valence-corrected chi connectivity index (χ1v) is 6.53. The number of hydrogen-bond acceptors (Lipinski definition) is 3. The zero-order valence-corrected chi connectivity index (χ0v) is 10.6. The van der Waals surface area contributed by atoms with Gasteiger partial charge in [0.05, 0.1) is 5.69 Å². The second-order valence-corrected chi connectivity index (χ2v) is 5.05. The van der Waals surface area contributed by atoms with Gasteiger partial charge in [-0.1, -0.05) is 29.4 Å². The van der Waals surface area contributed by atoms with Crippen LogP contribution in [-0.2, 0) is 13.1 Å². The molecule has 1 aliphatic carbocycles. The maximum atomic E-state index is 5.03. The molecule has 0 bridgehead atoms. The second-order valence-electron chi connectivity index (χ2n) is 5.05. The van der Waals surface area contributed by atoms with E-state index in [1.54, 1.807) is 0 Å². The lowest BCUT2D eigenvalue weighted by molar-refractivity contribution is 0.388. The second kappa shape index (κ2) is 4.94. The lowest BCUT2D eigenvalue weighted by atomic mass is 10.1. The highest BCUT2D eigenvalue weighted by atomic mass is 16.5. The van der Waals surface area contributed by atoms with Gasteiger partial charge in [0, 0.05) is 19.2 Å². The van der Waals surface area contributed by atoms with Crippen LogP contribution in [0.15, 0.2) is 34.9 Å². The zero-order chi connectivity index (χ0) is 12.4. The van der Waals surface area contributed by atoms with E-state index < -0.39 is 0 Å². The molecular weight excluding hydrogens is 224 g/mol. The molecule has 1 heterocycles. The van der Waals surface area contributed by atoms with Gasteiger partial charge in [-0.3, -0.25) is 0 Å². The minimum Gasteiger partial charge on any atom is -0.361 e. The zero-order valence-electron chi connectivity index (χ0n) is 10.6. The van der Waals surface area contributed by atoms with Crippen molar-refractivity contribution in [2.24, 2.45) is 0 Å². The van der Waals surface area contributed by atoms with Gasteiger partial charge in [0.1, 0.15) is 5.76 Å². The summed E-state index contributed by atoms with van der Waals surface area (Å²) in [6.07, 6.45) is 2.73. The number of nitrogens with one attached hydrogen (secondary N) is 1. The maximum absolute atomic E-state index is 5.03. The first kappa shape index (κ1) is 11.5. The van der Waals surface area contributed by atoms with Crippen LogP contribution in [0.2, 0.25) is 0 Å². The quantitative estimate of drug-likeness (QED) is 0.875. The van der Waals surface area contributed by atoms with E-state index in [0.29, 0.717) is 0 Å². The van der Waals surface area contributed by atoms with Gasteiger partial charge in [0.2, 0.25) is 0 Å². The summed E-state index contributed by atoms with van der Waals surface area (Å²) in [5.74, 6) is 1.70. The summed E-state index contributed by atoms with van der Waals surface area (Å²) in [4.78, 5) is 0. The number of aromatic nitrogens is 1. The lowest BCUT2D eigenvalue weighted by Crippen LogP contribution is -2.12. The molecule has 0 atom stereocenters. The van der Waals surface area contributed by atoms with E-state index in [1.165, 1.54) is 24.0 Å². The van der Waals surface area contributed by atoms with Crippen molar-refractivity contribution in [3.05, 3.63) is 52.9 Å². The molecule has 1 saturated carbocycles. The lowest BCUT2D eigenvalue weighted by Gasteiger charge is -2.04. The number of nitrogens with zero attached hydrogens (tertiary/aromatic N) is 1. The molecule has 3 heteroatoms. The third kappa shape index (κ3) is 2.79. The van der Waals surface area contributed by atoms with E-state index in [-0.39, 0.29) is 0 Å². The van der Waals surface area contributed by atoms with E-state index >= 15 is 0 Å². The van der Waals surface area contributed by atoms with Gasteiger partial charge in [-0.15, -0.1) is 0 Å². The van der Waals surface area contributed by atoms with Gasteiger partial charge in [-0.05, 0) is 36.8 Å². The van der Waals surface area contributed by atoms with E-state index in [1.807, 2.05) is 13.0 Å². The summed E-state index contributed by atoms with van der Waals surface area (Å²) in [7, 11) is 0. The van der Waals surface area contributed by atoms with Gasteiger partial charge in [-0.2, -0.15) is 0 Å². The Labute approximate surface area is 107 Å². The number of rotatable bonds is 5. The molecule has 1 N–H and O–H groups in total. The Hall–Kier alpha value is -1.61. The molecule has 3 nitrogen and oxygen atoms in total. The fourth-order valence-corrected chi connectivity index (χ4v) is 2.16. The Bertz CT molecular complexity index is 512. The monoisotopic (exact) mass is 242 g/mol. The SMILES string of the molecule is Cc1cc(CNCc2ccc(C3CC3)cc2)no1. The molecule has 0 unspecified atom stereocenters. The average molecular weight is 242 g/mol. The van der Waals surface area contributed by atoms with E-state index in [2.05, 4.69) is 34.7 Å². The van der Waals surface area contributed by atoms with Gasteiger partial charge < -0.3 is 9.84 Å². The first-order chi connectivity index (χ1) is 8.81. The van der Waals surface area contributed by atoms with Crippen LogP contribution in [0.4, 0.5) is 0 Å². The predicted molar refractivity (Wildman–Crippen MR) is 70.2 cm³/mol. The molecule has 2 aromatic rings.